The van der Waals surface area contributed by atoms with E-state index in [0.717, 1.165) is 26.7 Å². The van der Waals surface area contributed by atoms with E-state index in [1.165, 1.54) is 21.1 Å². The molecule has 45 heavy (non-hydrogen) atoms. The summed E-state index contributed by atoms with van der Waals surface area (Å²) >= 11 is 3.17. The van der Waals surface area contributed by atoms with Gasteiger partial charge >= 0.3 is 0 Å². The standard InChI is InChI=1S/C34H28N2O7S2/c1-12-11-14-16-17-19-22(21-18(16)23(27(38)29(14)40-3)25-33(31(21)42-5)44-9-7-35-25)32(43-6)34-26(36-8-10-45-34)24(19)28(39)30(41-4)20(17)15(12)13(2)37/h7-11H2,1-6H3. The molecule has 5 aromatic rings. The van der Waals surface area contributed by atoms with E-state index >= 15 is 0 Å². The molecular weight excluding hydrogens is 613 g/mol. The van der Waals surface area contributed by atoms with Crippen LogP contribution in [0.2, 0.25) is 0 Å². The highest BCUT2D eigenvalue weighted by molar-refractivity contribution is 7.99. The third-order valence-electron chi connectivity index (χ3n) is 9.19. The number of carbonyl (C=O) groups is 1. The lowest BCUT2D eigenvalue weighted by molar-refractivity contribution is -0.111. The highest BCUT2D eigenvalue weighted by Crippen LogP contribution is 2.55. The Balaban J connectivity index is 1.92. The summed E-state index contributed by atoms with van der Waals surface area (Å²) in [5, 5.41) is 5.90. The van der Waals surface area contributed by atoms with Crippen LogP contribution in [0.1, 0.15) is 25.0 Å². The average molecular weight is 641 g/mol. The van der Waals surface area contributed by atoms with Gasteiger partial charge in [-0.2, -0.15) is 0 Å². The largest absolute Gasteiger partial charge is 0.495 e. The zero-order valence-corrected chi connectivity index (χ0v) is 27.2. The van der Waals surface area contributed by atoms with Crippen LogP contribution in [-0.4, -0.2) is 58.8 Å². The SMILES string of the molecule is COc1c2c3c4c(c(OC)c(=O)c5c6c(c(OC)c(c7c(OC)c8c(c(c1=O)c37)=NCCS8)c54)SCCN=6)C(C(C)=O)=C(C)C2. The van der Waals surface area contributed by atoms with Crippen LogP contribution in [0.5, 0.6) is 23.0 Å². The zero-order chi connectivity index (χ0) is 31.5. The fraction of sp³-hybridized carbons (Fsp3) is 0.324. The third-order valence-corrected chi connectivity index (χ3v) is 11.3. The Kier molecular flexibility index (Phi) is 6.28. The molecule has 0 unspecified atom stereocenters. The van der Waals surface area contributed by atoms with Gasteiger partial charge in [-0.3, -0.25) is 24.4 Å². The second-order valence-electron chi connectivity index (χ2n) is 11.3. The first kappa shape index (κ1) is 28.4. The number of nitrogens with zero attached hydrogens (tertiary/aromatic N) is 2. The van der Waals surface area contributed by atoms with Crippen LogP contribution < -0.4 is 40.5 Å². The summed E-state index contributed by atoms with van der Waals surface area (Å²) in [7, 11) is 6.18. The van der Waals surface area contributed by atoms with Crippen molar-refractivity contribution >= 4 is 78.0 Å². The lowest BCUT2D eigenvalue weighted by Crippen LogP contribution is -2.25. The van der Waals surface area contributed by atoms with Crippen molar-refractivity contribution in [3.63, 3.8) is 0 Å². The number of rotatable bonds is 5. The van der Waals surface area contributed by atoms with E-state index < -0.39 is 0 Å². The molecule has 9 nitrogen and oxygen atoms in total. The second-order valence-corrected chi connectivity index (χ2v) is 13.6. The number of Topliss-reactive ketones (excluding diaryl/α,β-unsaturated/α-hetero) is 1. The van der Waals surface area contributed by atoms with Crippen molar-refractivity contribution in [3.8, 4) is 23.0 Å². The quantitative estimate of drug-likeness (QED) is 0.205. The van der Waals surface area contributed by atoms with Crippen LogP contribution in [0.25, 0.3) is 48.7 Å². The molecule has 3 aliphatic rings. The highest BCUT2D eigenvalue weighted by Gasteiger charge is 2.37. The van der Waals surface area contributed by atoms with Crippen molar-refractivity contribution < 1.29 is 23.7 Å². The maximum Gasteiger partial charge on any atom is 0.231 e. The van der Waals surface area contributed by atoms with Gasteiger partial charge in [-0.1, -0.05) is 5.57 Å². The molecule has 0 saturated carbocycles. The number of thioether (sulfide) groups is 2. The van der Waals surface area contributed by atoms with Gasteiger partial charge < -0.3 is 18.9 Å². The third kappa shape index (κ3) is 3.40. The van der Waals surface area contributed by atoms with Gasteiger partial charge in [-0.05, 0) is 25.7 Å². The minimum Gasteiger partial charge on any atom is -0.495 e. The lowest BCUT2D eigenvalue weighted by atomic mass is 9.83. The van der Waals surface area contributed by atoms with Gasteiger partial charge in [0.25, 0.3) is 0 Å². The van der Waals surface area contributed by atoms with Crippen molar-refractivity contribution in [1.29, 1.82) is 0 Å². The molecule has 2 heterocycles. The van der Waals surface area contributed by atoms with E-state index in [0.29, 0.717) is 95.3 Å². The number of carbonyl (C=O) groups excluding carboxylic acids is 1. The van der Waals surface area contributed by atoms with E-state index in [4.69, 9.17) is 28.9 Å². The van der Waals surface area contributed by atoms with Crippen LogP contribution in [0.15, 0.2) is 34.9 Å². The Morgan fingerprint density at radius 2 is 1.13 bits per heavy atom. The summed E-state index contributed by atoms with van der Waals surface area (Å²) in [5.41, 5.74) is 1.54. The van der Waals surface area contributed by atoms with Gasteiger partial charge in [-0.25, -0.2) is 0 Å². The number of ether oxygens (including phenoxy) is 4. The van der Waals surface area contributed by atoms with Crippen LogP contribution >= 0.6 is 23.5 Å². The molecule has 8 rings (SSSR count). The van der Waals surface area contributed by atoms with Crippen LogP contribution in [0.4, 0.5) is 0 Å². The minimum atomic E-state index is -0.346. The molecule has 2 aliphatic heterocycles. The Labute approximate surface area is 265 Å². The maximum absolute atomic E-state index is 14.7. The van der Waals surface area contributed by atoms with E-state index in [9.17, 15) is 14.4 Å². The summed E-state index contributed by atoms with van der Waals surface area (Å²) in [6.07, 6.45) is 0.258. The van der Waals surface area contributed by atoms with E-state index in [1.54, 1.807) is 37.7 Å². The number of ketones is 1. The number of methoxy groups -OCH3 is 4. The topological polar surface area (TPSA) is 113 Å². The first-order valence-corrected chi connectivity index (χ1v) is 16.6. The number of hydrogen-bond donors (Lipinski definition) is 0. The normalized spacial score (nSPS) is 15.7. The van der Waals surface area contributed by atoms with Gasteiger partial charge in [0.15, 0.2) is 17.3 Å². The predicted molar refractivity (Wildman–Crippen MR) is 178 cm³/mol. The fourth-order valence-electron chi connectivity index (χ4n) is 7.74. The summed E-state index contributed by atoms with van der Waals surface area (Å²) in [5.74, 6) is 2.64. The van der Waals surface area contributed by atoms with Crippen molar-refractivity contribution in [3.05, 3.63) is 47.9 Å². The Morgan fingerprint density at radius 3 is 1.62 bits per heavy atom. The lowest BCUT2D eigenvalue weighted by Gasteiger charge is -2.26. The Bertz CT molecular complexity index is 2490. The van der Waals surface area contributed by atoms with Gasteiger partial charge in [0.1, 0.15) is 11.5 Å². The zero-order valence-electron chi connectivity index (χ0n) is 25.6. The Morgan fingerprint density at radius 1 is 0.644 bits per heavy atom. The molecule has 1 aliphatic carbocycles. The second kappa shape index (κ2) is 9.95. The molecule has 0 aromatic heterocycles. The molecular formula is C34H28N2O7S2. The molecule has 11 heteroatoms. The van der Waals surface area contributed by atoms with Crippen molar-refractivity contribution in [2.45, 2.75) is 30.1 Å². The van der Waals surface area contributed by atoms with Gasteiger partial charge in [-0.15, -0.1) is 23.5 Å². The smallest absolute Gasteiger partial charge is 0.231 e. The molecule has 0 N–H and O–H groups in total. The summed E-state index contributed by atoms with van der Waals surface area (Å²) in [6, 6.07) is 0. The summed E-state index contributed by atoms with van der Waals surface area (Å²) in [6.45, 7) is 4.43. The molecule has 0 spiro atoms. The molecule has 0 atom stereocenters. The molecule has 5 aromatic carbocycles. The first-order chi connectivity index (χ1) is 21.8. The van der Waals surface area contributed by atoms with E-state index in [-0.39, 0.29) is 34.6 Å². The fourth-order valence-corrected chi connectivity index (χ4v) is 9.75. The van der Waals surface area contributed by atoms with Gasteiger partial charge in [0.05, 0.1) is 59.7 Å². The molecule has 0 radical (unpaired) electrons. The van der Waals surface area contributed by atoms with Crippen molar-refractivity contribution in [1.82, 2.24) is 0 Å². The molecule has 228 valence electrons. The minimum absolute atomic E-state index is 0.0749. The molecule has 0 fully saturated rings. The van der Waals surface area contributed by atoms with Crippen LogP contribution in [0, 0.1) is 0 Å². The molecule has 0 amide bonds. The molecule has 0 saturated heterocycles. The first-order valence-electron chi connectivity index (χ1n) is 14.6. The highest BCUT2D eigenvalue weighted by atomic mass is 32.2. The number of fused-ring (bicyclic) bond motifs is 5. The number of benzene rings is 5. The van der Waals surface area contributed by atoms with Crippen LogP contribution in [0.3, 0.4) is 0 Å². The van der Waals surface area contributed by atoms with Crippen molar-refractivity contribution in [2.24, 2.45) is 9.98 Å². The average Bonchev–Trinajstić information content (AvgIpc) is 3.17. The molecule has 0 bridgehead atoms. The predicted octanol–water partition coefficient (Wildman–Crippen LogP) is 4.30. The van der Waals surface area contributed by atoms with Crippen molar-refractivity contribution in [2.75, 3.05) is 53.0 Å². The van der Waals surface area contributed by atoms with Gasteiger partial charge in [0.2, 0.25) is 10.9 Å². The van der Waals surface area contributed by atoms with Crippen LogP contribution in [-0.2, 0) is 11.2 Å². The van der Waals surface area contributed by atoms with Gasteiger partial charge in [0, 0.05) is 68.2 Å². The van der Waals surface area contributed by atoms with E-state index in [1.807, 2.05) is 6.92 Å². The summed E-state index contributed by atoms with van der Waals surface area (Å²) < 4.78 is 24.3. The maximum atomic E-state index is 14.7. The number of hydrogen-bond acceptors (Lipinski definition) is 11. The summed E-state index contributed by atoms with van der Waals surface area (Å²) in [4.78, 5) is 54.1. The van der Waals surface area contributed by atoms with E-state index in [2.05, 4.69) is 0 Å². The number of allylic oxidation sites excluding steroid dienone is 2. The Hall–Kier alpha value is -4.09. The monoisotopic (exact) mass is 640 g/mol.